The van der Waals surface area contributed by atoms with Crippen molar-refractivity contribution in [3.8, 4) is 0 Å². The quantitative estimate of drug-likeness (QED) is 0.908. The topological polar surface area (TPSA) is 59.0 Å². The van der Waals surface area contributed by atoms with Crippen LogP contribution in [0.25, 0.3) is 0 Å². The zero-order valence-electron chi connectivity index (χ0n) is 11.5. The van der Waals surface area contributed by atoms with Crippen LogP contribution in [0.5, 0.6) is 0 Å². The minimum atomic E-state index is -0.0810. The van der Waals surface area contributed by atoms with Gasteiger partial charge >= 0.3 is 0 Å². The molecule has 1 aliphatic heterocycles. The number of nitrogens with one attached hydrogen (secondary N) is 2. The van der Waals surface area contributed by atoms with Crippen LogP contribution in [0, 0.1) is 0 Å². The van der Waals surface area contributed by atoms with Crippen molar-refractivity contribution in [1.29, 1.82) is 0 Å². The molecule has 0 unspecified atom stereocenters. The molecule has 20 heavy (non-hydrogen) atoms. The maximum Gasteiger partial charge on any atom is 0.274 e. The molecule has 1 amide bonds. The Hall–Kier alpha value is -1.66. The molecule has 0 saturated heterocycles. The summed E-state index contributed by atoms with van der Waals surface area (Å²) in [6.07, 6.45) is 3.88. The van der Waals surface area contributed by atoms with Crippen molar-refractivity contribution in [3.63, 3.8) is 0 Å². The lowest BCUT2D eigenvalue weighted by Gasteiger charge is -2.09. The summed E-state index contributed by atoms with van der Waals surface area (Å²) in [6.45, 7) is 4.77. The van der Waals surface area contributed by atoms with Crippen LogP contribution in [-0.2, 0) is 19.5 Å². The molecule has 0 radical (unpaired) electrons. The number of nitrogens with zero attached hydrogens (tertiary/aromatic N) is 2. The molecule has 5 nitrogen and oxygen atoms in total. The number of amides is 1. The lowest BCUT2D eigenvalue weighted by molar-refractivity contribution is 0.101. The zero-order valence-corrected chi connectivity index (χ0v) is 12.3. The number of hydrogen-bond donors (Lipinski definition) is 2. The van der Waals surface area contributed by atoms with Crippen LogP contribution in [-0.4, -0.2) is 22.0 Å². The van der Waals surface area contributed by atoms with Crippen LogP contribution < -0.4 is 10.6 Å². The summed E-state index contributed by atoms with van der Waals surface area (Å²) in [5.41, 5.74) is 1.81. The van der Waals surface area contributed by atoms with Crippen LogP contribution in [0.15, 0.2) is 18.3 Å². The minimum Gasteiger partial charge on any atom is -0.344 e. The standard InChI is InChI=1S/C14H18N4OS/c1-2-7-18-8-3-4-11(18)13(19)17-14-16-10-5-6-15-9-12(10)20-14/h3-4,8,15H,2,5-7,9H2,1H3,(H,16,17,19). The van der Waals surface area contributed by atoms with Gasteiger partial charge in [0.05, 0.1) is 5.69 Å². The number of carbonyl (C=O) groups excluding carboxylic acids is 1. The van der Waals surface area contributed by atoms with Crippen LogP contribution in [0.3, 0.4) is 0 Å². The molecule has 3 rings (SSSR count). The molecule has 0 spiro atoms. The Morgan fingerprint density at radius 2 is 2.50 bits per heavy atom. The summed E-state index contributed by atoms with van der Waals surface area (Å²) in [6, 6.07) is 3.75. The molecule has 2 aromatic heterocycles. The van der Waals surface area contributed by atoms with Gasteiger partial charge in [0.25, 0.3) is 5.91 Å². The van der Waals surface area contributed by atoms with E-state index in [1.807, 2.05) is 22.9 Å². The maximum atomic E-state index is 12.3. The van der Waals surface area contributed by atoms with Gasteiger partial charge in [-0.15, -0.1) is 11.3 Å². The smallest absolute Gasteiger partial charge is 0.274 e. The average Bonchev–Trinajstić information content (AvgIpc) is 3.04. The van der Waals surface area contributed by atoms with E-state index in [1.165, 1.54) is 4.88 Å². The third-order valence-electron chi connectivity index (χ3n) is 3.35. The second kappa shape index (κ2) is 5.76. The van der Waals surface area contributed by atoms with Gasteiger partial charge in [-0.1, -0.05) is 6.92 Å². The second-order valence-corrected chi connectivity index (χ2v) is 5.94. The maximum absolute atomic E-state index is 12.3. The second-order valence-electron chi connectivity index (χ2n) is 4.86. The van der Waals surface area contributed by atoms with Gasteiger partial charge in [0.15, 0.2) is 5.13 Å². The van der Waals surface area contributed by atoms with E-state index in [9.17, 15) is 4.79 Å². The van der Waals surface area contributed by atoms with E-state index in [0.29, 0.717) is 10.8 Å². The first-order valence-electron chi connectivity index (χ1n) is 6.93. The Morgan fingerprint density at radius 1 is 1.60 bits per heavy atom. The normalized spacial score (nSPS) is 14.1. The van der Waals surface area contributed by atoms with E-state index < -0.39 is 0 Å². The Morgan fingerprint density at radius 3 is 3.30 bits per heavy atom. The highest BCUT2D eigenvalue weighted by Crippen LogP contribution is 2.25. The largest absolute Gasteiger partial charge is 0.344 e. The number of anilines is 1. The fourth-order valence-electron chi connectivity index (χ4n) is 2.40. The van der Waals surface area contributed by atoms with Crippen molar-refractivity contribution in [1.82, 2.24) is 14.9 Å². The lowest BCUT2D eigenvalue weighted by Crippen LogP contribution is -2.22. The number of rotatable bonds is 4. The van der Waals surface area contributed by atoms with Crippen molar-refractivity contribution >= 4 is 22.4 Å². The SMILES string of the molecule is CCCn1cccc1C(=O)Nc1nc2c(s1)CNCC2. The molecule has 6 heteroatoms. The van der Waals surface area contributed by atoms with Gasteiger partial charge in [0.1, 0.15) is 5.69 Å². The fraction of sp³-hybridized carbons (Fsp3) is 0.429. The van der Waals surface area contributed by atoms with Gasteiger partial charge in [-0.25, -0.2) is 4.98 Å². The highest BCUT2D eigenvalue weighted by molar-refractivity contribution is 7.15. The van der Waals surface area contributed by atoms with Gasteiger partial charge in [-0.05, 0) is 18.6 Å². The third kappa shape index (κ3) is 2.62. The van der Waals surface area contributed by atoms with Crippen molar-refractivity contribution in [2.24, 2.45) is 0 Å². The van der Waals surface area contributed by atoms with Crippen molar-refractivity contribution in [2.75, 3.05) is 11.9 Å². The van der Waals surface area contributed by atoms with Gasteiger partial charge in [-0.3, -0.25) is 10.1 Å². The summed E-state index contributed by atoms with van der Waals surface area (Å²) in [7, 11) is 0. The molecule has 0 aliphatic carbocycles. The molecule has 0 saturated carbocycles. The van der Waals surface area contributed by atoms with E-state index in [1.54, 1.807) is 11.3 Å². The molecule has 0 aromatic carbocycles. The Labute approximate surface area is 122 Å². The fourth-order valence-corrected chi connectivity index (χ4v) is 3.37. The van der Waals surface area contributed by atoms with Crippen LogP contribution >= 0.6 is 11.3 Å². The number of carbonyl (C=O) groups is 1. The molecule has 0 atom stereocenters. The molecule has 106 valence electrons. The van der Waals surface area contributed by atoms with E-state index in [0.717, 1.165) is 38.2 Å². The third-order valence-corrected chi connectivity index (χ3v) is 4.36. The molecule has 3 heterocycles. The molecule has 0 fully saturated rings. The Balaban J connectivity index is 1.75. The van der Waals surface area contributed by atoms with Gasteiger partial charge in [-0.2, -0.15) is 0 Å². The van der Waals surface area contributed by atoms with Crippen LogP contribution in [0.4, 0.5) is 5.13 Å². The minimum absolute atomic E-state index is 0.0810. The summed E-state index contributed by atoms with van der Waals surface area (Å²) >= 11 is 1.57. The predicted octanol–water partition coefficient (Wildman–Crippen LogP) is 2.25. The first-order valence-corrected chi connectivity index (χ1v) is 7.75. The molecular weight excluding hydrogens is 272 g/mol. The number of fused-ring (bicyclic) bond motifs is 1. The van der Waals surface area contributed by atoms with Crippen molar-refractivity contribution in [3.05, 3.63) is 34.6 Å². The summed E-state index contributed by atoms with van der Waals surface area (Å²) in [5.74, 6) is -0.0810. The lowest BCUT2D eigenvalue weighted by atomic mass is 10.2. The van der Waals surface area contributed by atoms with Gasteiger partial charge < -0.3 is 9.88 Å². The Bertz CT molecular complexity index is 593. The number of aromatic nitrogens is 2. The first kappa shape index (κ1) is 13.3. The highest BCUT2D eigenvalue weighted by atomic mass is 32.1. The molecule has 2 aromatic rings. The van der Waals surface area contributed by atoms with E-state index in [4.69, 9.17) is 0 Å². The summed E-state index contributed by atoms with van der Waals surface area (Å²) in [4.78, 5) is 18.0. The number of hydrogen-bond acceptors (Lipinski definition) is 4. The first-order chi connectivity index (χ1) is 9.78. The monoisotopic (exact) mass is 290 g/mol. The van der Waals surface area contributed by atoms with E-state index >= 15 is 0 Å². The summed E-state index contributed by atoms with van der Waals surface area (Å²) < 4.78 is 1.98. The van der Waals surface area contributed by atoms with E-state index in [2.05, 4.69) is 22.5 Å². The van der Waals surface area contributed by atoms with E-state index in [-0.39, 0.29) is 5.91 Å². The highest BCUT2D eigenvalue weighted by Gasteiger charge is 2.17. The van der Waals surface area contributed by atoms with Crippen LogP contribution in [0.2, 0.25) is 0 Å². The Kier molecular flexibility index (Phi) is 3.84. The molecular formula is C14H18N4OS. The van der Waals surface area contributed by atoms with Gasteiger partial charge in [0, 0.05) is 37.1 Å². The van der Waals surface area contributed by atoms with Gasteiger partial charge in [0.2, 0.25) is 0 Å². The van der Waals surface area contributed by atoms with Crippen molar-refractivity contribution < 1.29 is 4.79 Å². The molecule has 2 N–H and O–H groups in total. The zero-order chi connectivity index (χ0) is 13.9. The number of aryl methyl sites for hydroxylation is 1. The number of thiazole rings is 1. The predicted molar refractivity (Wildman–Crippen MR) is 80.2 cm³/mol. The average molecular weight is 290 g/mol. The molecule has 1 aliphatic rings. The van der Waals surface area contributed by atoms with Crippen molar-refractivity contribution in [2.45, 2.75) is 32.9 Å². The van der Waals surface area contributed by atoms with Crippen LogP contribution in [0.1, 0.15) is 34.4 Å². The summed E-state index contributed by atoms with van der Waals surface area (Å²) in [5, 5.41) is 6.94. The molecule has 0 bridgehead atoms.